The summed E-state index contributed by atoms with van der Waals surface area (Å²) in [5.74, 6) is -0.197. The Kier molecular flexibility index (Phi) is 3.84. The molecular formula is C16H26N2O3. The molecule has 3 atom stereocenters. The summed E-state index contributed by atoms with van der Waals surface area (Å²) in [5, 5.41) is 12.3. The van der Waals surface area contributed by atoms with Crippen LogP contribution >= 0.6 is 0 Å². The lowest BCUT2D eigenvalue weighted by Gasteiger charge is -2.45. The molecule has 0 radical (unpaired) electrons. The van der Waals surface area contributed by atoms with Crippen LogP contribution in [0.15, 0.2) is 0 Å². The Labute approximate surface area is 126 Å². The summed E-state index contributed by atoms with van der Waals surface area (Å²) >= 11 is 0. The Hall–Kier alpha value is -1.26. The van der Waals surface area contributed by atoms with Gasteiger partial charge >= 0.3 is 12.0 Å². The number of rotatable bonds is 3. The number of carboxylic acids is 1. The van der Waals surface area contributed by atoms with Crippen LogP contribution in [-0.4, -0.2) is 40.1 Å². The van der Waals surface area contributed by atoms with E-state index < -0.39 is 11.5 Å². The number of urea groups is 1. The average molecular weight is 294 g/mol. The maximum atomic E-state index is 12.7. The molecule has 3 unspecified atom stereocenters. The minimum atomic E-state index is -1.10. The van der Waals surface area contributed by atoms with Gasteiger partial charge in [-0.2, -0.15) is 0 Å². The fraction of sp³-hybridized carbons (Fsp3) is 0.875. The van der Waals surface area contributed by atoms with E-state index in [0.717, 1.165) is 32.2 Å². The van der Waals surface area contributed by atoms with Crippen LogP contribution in [0.4, 0.5) is 4.79 Å². The Morgan fingerprint density at radius 1 is 1.10 bits per heavy atom. The number of carboxylic acid groups (broad SMARTS) is 1. The first-order valence-electron chi connectivity index (χ1n) is 8.34. The Morgan fingerprint density at radius 2 is 1.76 bits per heavy atom. The molecule has 0 bridgehead atoms. The lowest BCUT2D eigenvalue weighted by molar-refractivity contribution is -0.144. The van der Waals surface area contributed by atoms with Gasteiger partial charge in [-0.3, -0.25) is 0 Å². The van der Waals surface area contributed by atoms with Gasteiger partial charge in [-0.05, 0) is 57.3 Å². The predicted octanol–water partition coefficient (Wildman–Crippen LogP) is 2.60. The predicted molar refractivity (Wildman–Crippen MR) is 79.0 cm³/mol. The van der Waals surface area contributed by atoms with Gasteiger partial charge < -0.3 is 15.3 Å². The van der Waals surface area contributed by atoms with E-state index in [-0.39, 0.29) is 11.9 Å². The summed E-state index contributed by atoms with van der Waals surface area (Å²) in [7, 11) is 0. The van der Waals surface area contributed by atoms with Crippen LogP contribution in [-0.2, 0) is 4.79 Å². The SMILES string of the molecule is CC(NC(=O)N1CCCC2CCCCC21)(C(=O)O)C1CC1. The third-order valence-electron chi connectivity index (χ3n) is 5.71. The molecule has 2 amide bonds. The molecule has 1 heterocycles. The number of nitrogens with one attached hydrogen (secondary N) is 1. The Bertz CT molecular complexity index is 433. The Balaban J connectivity index is 1.70. The molecule has 5 nitrogen and oxygen atoms in total. The number of nitrogens with zero attached hydrogens (tertiary/aromatic N) is 1. The van der Waals surface area contributed by atoms with E-state index in [4.69, 9.17) is 0 Å². The van der Waals surface area contributed by atoms with Crippen molar-refractivity contribution in [2.75, 3.05) is 6.54 Å². The molecule has 2 N–H and O–H groups in total. The zero-order valence-electron chi connectivity index (χ0n) is 12.8. The zero-order chi connectivity index (χ0) is 15.0. The second kappa shape index (κ2) is 5.50. The van der Waals surface area contributed by atoms with Crippen molar-refractivity contribution in [1.29, 1.82) is 0 Å². The highest BCUT2D eigenvalue weighted by atomic mass is 16.4. The van der Waals surface area contributed by atoms with Crippen LogP contribution in [0.3, 0.4) is 0 Å². The Morgan fingerprint density at radius 3 is 2.43 bits per heavy atom. The van der Waals surface area contributed by atoms with Crippen molar-refractivity contribution in [3.8, 4) is 0 Å². The number of aliphatic carboxylic acids is 1. The summed E-state index contributed by atoms with van der Waals surface area (Å²) in [6.07, 6.45) is 8.80. The number of piperidine rings is 1. The number of carbonyl (C=O) groups is 2. The number of amides is 2. The number of hydrogen-bond acceptors (Lipinski definition) is 2. The fourth-order valence-corrected chi connectivity index (χ4v) is 4.16. The van der Waals surface area contributed by atoms with Crippen LogP contribution in [0.1, 0.15) is 58.3 Å². The third-order valence-corrected chi connectivity index (χ3v) is 5.71. The van der Waals surface area contributed by atoms with E-state index in [1.165, 1.54) is 25.7 Å². The molecule has 21 heavy (non-hydrogen) atoms. The van der Waals surface area contributed by atoms with Crippen molar-refractivity contribution in [2.24, 2.45) is 11.8 Å². The lowest BCUT2D eigenvalue weighted by Crippen LogP contribution is -2.61. The molecule has 3 aliphatic rings. The first-order chi connectivity index (χ1) is 10.0. The van der Waals surface area contributed by atoms with Gasteiger partial charge in [0.2, 0.25) is 0 Å². The van der Waals surface area contributed by atoms with E-state index in [1.54, 1.807) is 6.92 Å². The van der Waals surface area contributed by atoms with Gasteiger partial charge in [0, 0.05) is 12.6 Å². The van der Waals surface area contributed by atoms with Crippen molar-refractivity contribution in [3.63, 3.8) is 0 Å². The van der Waals surface area contributed by atoms with Crippen molar-refractivity contribution in [2.45, 2.75) is 69.9 Å². The van der Waals surface area contributed by atoms with E-state index in [2.05, 4.69) is 5.32 Å². The van der Waals surface area contributed by atoms with E-state index in [0.29, 0.717) is 12.0 Å². The zero-order valence-corrected chi connectivity index (χ0v) is 12.8. The summed E-state index contributed by atoms with van der Waals surface area (Å²) in [6, 6.07) is 0.160. The van der Waals surface area contributed by atoms with Gasteiger partial charge in [-0.25, -0.2) is 9.59 Å². The molecular weight excluding hydrogens is 268 g/mol. The van der Waals surface area contributed by atoms with Crippen LogP contribution in [0, 0.1) is 11.8 Å². The molecule has 0 aromatic rings. The van der Waals surface area contributed by atoms with Crippen LogP contribution in [0.2, 0.25) is 0 Å². The molecule has 5 heteroatoms. The summed E-state index contributed by atoms with van der Waals surface area (Å²) in [6.45, 7) is 2.43. The van der Waals surface area contributed by atoms with Gasteiger partial charge in [0.15, 0.2) is 0 Å². The number of carbonyl (C=O) groups excluding carboxylic acids is 1. The van der Waals surface area contributed by atoms with Crippen molar-refractivity contribution >= 4 is 12.0 Å². The highest BCUT2D eigenvalue weighted by molar-refractivity contribution is 5.86. The molecule has 2 saturated carbocycles. The highest BCUT2D eigenvalue weighted by Gasteiger charge is 2.49. The number of likely N-dealkylation sites (tertiary alicyclic amines) is 1. The standard InChI is InChI=1S/C16H26N2O3/c1-16(14(19)20,12-8-9-12)17-15(21)18-10-4-6-11-5-2-3-7-13(11)18/h11-13H,2-10H2,1H3,(H,17,21)(H,19,20). The van der Waals surface area contributed by atoms with Gasteiger partial charge in [0.1, 0.15) is 5.54 Å². The van der Waals surface area contributed by atoms with Gasteiger partial charge in [0.05, 0.1) is 0 Å². The third kappa shape index (κ3) is 2.74. The molecule has 1 aliphatic heterocycles. The number of hydrogen-bond donors (Lipinski definition) is 2. The molecule has 0 aromatic carbocycles. The first-order valence-corrected chi connectivity index (χ1v) is 8.34. The van der Waals surface area contributed by atoms with E-state index in [9.17, 15) is 14.7 Å². The average Bonchev–Trinajstić information content (AvgIpc) is 3.31. The van der Waals surface area contributed by atoms with E-state index >= 15 is 0 Å². The van der Waals surface area contributed by atoms with Crippen molar-refractivity contribution < 1.29 is 14.7 Å². The summed E-state index contributed by atoms with van der Waals surface area (Å²) < 4.78 is 0. The number of fused-ring (bicyclic) bond motifs is 1. The smallest absolute Gasteiger partial charge is 0.329 e. The molecule has 0 aromatic heterocycles. The topological polar surface area (TPSA) is 69.6 Å². The molecule has 2 aliphatic carbocycles. The maximum absolute atomic E-state index is 12.7. The van der Waals surface area contributed by atoms with Gasteiger partial charge in [-0.15, -0.1) is 0 Å². The second-order valence-corrected chi connectivity index (χ2v) is 7.16. The second-order valence-electron chi connectivity index (χ2n) is 7.16. The first kappa shape index (κ1) is 14.7. The summed E-state index contributed by atoms with van der Waals surface area (Å²) in [5.41, 5.74) is -1.10. The largest absolute Gasteiger partial charge is 0.480 e. The maximum Gasteiger partial charge on any atom is 0.329 e. The highest BCUT2D eigenvalue weighted by Crippen LogP contribution is 2.40. The quantitative estimate of drug-likeness (QED) is 0.840. The fourth-order valence-electron chi connectivity index (χ4n) is 4.16. The van der Waals surface area contributed by atoms with Gasteiger partial charge in [0.25, 0.3) is 0 Å². The molecule has 1 saturated heterocycles. The minimum absolute atomic E-state index is 0.0888. The summed E-state index contributed by atoms with van der Waals surface area (Å²) in [4.78, 5) is 26.2. The lowest BCUT2D eigenvalue weighted by atomic mass is 9.78. The molecule has 118 valence electrons. The van der Waals surface area contributed by atoms with Crippen LogP contribution < -0.4 is 5.32 Å². The monoisotopic (exact) mass is 294 g/mol. The van der Waals surface area contributed by atoms with Crippen LogP contribution in [0.5, 0.6) is 0 Å². The van der Waals surface area contributed by atoms with Crippen molar-refractivity contribution in [3.05, 3.63) is 0 Å². The molecule has 3 rings (SSSR count). The van der Waals surface area contributed by atoms with E-state index in [1.807, 2.05) is 4.90 Å². The van der Waals surface area contributed by atoms with Crippen molar-refractivity contribution in [1.82, 2.24) is 10.2 Å². The van der Waals surface area contributed by atoms with Crippen LogP contribution in [0.25, 0.3) is 0 Å². The minimum Gasteiger partial charge on any atom is -0.480 e. The molecule has 3 fully saturated rings. The molecule has 0 spiro atoms. The normalized spacial score (nSPS) is 32.0. The van der Waals surface area contributed by atoms with Gasteiger partial charge in [-0.1, -0.05) is 12.8 Å².